The van der Waals surface area contributed by atoms with Crippen molar-refractivity contribution in [2.45, 2.75) is 6.42 Å². The van der Waals surface area contributed by atoms with E-state index in [0.717, 1.165) is 10.9 Å². The van der Waals surface area contributed by atoms with E-state index in [0.29, 0.717) is 12.1 Å². The molecule has 0 unspecified atom stereocenters. The fourth-order valence-electron chi connectivity index (χ4n) is 1.58. The van der Waals surface area contributed by atoms with Crippen LogP contribution in [0.5, 0.6) is 0 Å². The molecule has 1 amide bonds. The van der Waals surface area contributed by atoms with Gasteiger partial charge in [-0.15, -0.1) is 12.4 Å². The summed E-state index contributed by atoms with van der Waals surface area (Å²) in [7, 11) is 0. The number of halogens is 2. The van der Waals surface area contributed by atoms with Gasteiger partial charge in [-0.2, -0.15) is 0 Å². The molecule has 1 N–H and O–H groups in total. The number of amides is 1. The molecule has 19 heavy (non-hydrogen) atoms. The Hall–Kier alpha value is -1.39. The fourth-order valence-corrected chi connectivity index (χ4v) is 1.84. The van der Waals surface area contributed by atoms with Gasteiger partial charge in [-0.3, -0.25) is 9.78 Å². The van der Waals surface area contributed by atoms with Crippen molar-refractivity contribution >= 4 is 34.2 Å². The van der Waals surface area contributed by atoms with Crippen molar-refractivity contribution in [3.63, 3.8) is 0 Å². The second kappa shape index (κ2) is 7.92. The van der Waals surface area contributed by atoms with Gasteiger partial charge in [-0.25, -0.2) is 0 Å². The molecule has 3 nitrogen and oxygen atoms in total. The first-order chi connectivity index (χ1) is 8.75. The molecule has 1 aromatic carbocycles. The highest BCUT2D eigenvalue weighted by Crippen LogP contribution is 2.10. The second-order valence-electron chi connectivity index (χ2n) is 3.87. The molecule has 1 heterocycles. The van der Waals surface area contributed by atoms with E-state index < -0.39 is 0 Å². The van der Waals surface area contributed by atoms with E-state index in [-0.39, 0.29) is 18.3 Å². The van der Waals surface area contributed by atoms with Crippen molar-refractivity contribution in [1.82, 2.24) is 10.3 Å². The molecule has 0 saturated heterocycles. The summed E-state index contributed by atoms with van der Waals surface area (Å²) in [5.74, 6) is -0.0606. The molecule has 0 radical (unpaired) electrons. The van der Waals surface area contributed by atoms with E-state index in [9.17, 15) is 4.79 Å². The maximum atomic E-state index is 11.7. The normalized spacial score (nSPS) is 9.53. The van der Waals surface area contributed by atoms with Gasteiger partial charge < -0.3 is 5.32 Å². The van der Waals surface area contributed by atoms with Crippen molar-refractivity contribution in [3.05, 3.63) is 64.4 Å². The molecule has 0 fully saturated rings. The van der Waals surface area contributed by atoms with Crippen LogP contribution in [0.2, 0.25) is 0 Å². The Kier molecular flexibility index (Phi) is 6.53. The van der Waals surface area contributed by atoms with E-state index in [4.69, 9.17) is 0 Å². The van der Waals surface area contributed by atoms with Gasteiger partial charge in [-0.05, 0) is 36.2 Å². The third-order valence-corrected chi connectivity index (χ3v) is 3.08. The number of pyridine rings is 1. The first-order valence-electron chi connectivity index (χ1n) is 5.68. The number of benzene rings is 1. The van der Waals surface area contributed by atoms with Crippen LogP contribution in [0, 0.1) is 0 Å². The molecule has 2 aromatic rings. The zero-order valence-corrected chi connectivity index (χ0v) is 12.6. The Labute approximate surface area is 127 Å². The molecule has 0 spiro atoms. The van der Waals surface area contributed by atoms with Gasteiger partial charge in [0.25, 0.3) is 5.91 Å². The molecular weight excluding hydrogens is 328 g/mol. The lowest BCUT2D eigenvalue weighted by molar-refractivity contribution is 0.0954. The number of nitrogens with zero attached hydrogens (tertiary/aromatic N) is 1. The fraction of sp³-hybridized carbons (Fsp3) is 0.143. The lowest BCUT2D eigenvalue weighted by Crippen LogP contribution is -2.25. The Morgan fingerprint density at radius 1 is 1.11 bits per heavy atom. The van der Waals surface area contributed by atoms with Gasteiger partial charge in [0, 0.05) is 29.0 Å². The average molecular weight is 342 g/mol. The number of carbonyl (C=O) groups excluding carboxylic acids is 1. The minimum atomic E-state index is -0.0606. The van der Waals surface area contributed by atoms with E-state index in [2.05, 4.69) is 26.2 Å². The summed E-state index contributed by atoms with van der Waals surface area (Å²) in [6, 6.07) is 11.5. The Morgan fingerprint density at radius 3 is 2.37 bits per heavy atom. The van der Waals surface area contributed by atoms with Crippen LogP contribution >= 0.6 is 28.3 Å². The summed E-state index contributed by atoms with van der Waals surface area (Å²) in [6.45, 7) is 0.628. The lowest BCUT2D eigenvalue weighted by atomic mass is 10.1. The van der Waals surface area contributed by atoms with Crippen LogP contribution in [0.25, 0.3) is 0 Å². The van der Waals surface area contributed by atoms with Crippen molar-refractivity contribution in [1.29, 1.82) is 0 Å². The van der Waals surface area contributed by atoms with Crippen molar-refractivity contribution in [3.8, 4) is 0 Å². The summed E-state index contributed by atoms with van der Waals surface area (Å²) in [5, 5.41) is 2.88. The first kappa shape index (κ1) is 15.7. The van der Waals surface area contributed by atoms with Crippen LogP contribution in [0.1, 0.15) is 15.9 Å². The Balaban J connectivity index is 0.00000180. The molecule has 0 saturated carbocycles. The van der Waals surface area contributed by atoms with Crippen molar-refractivity contribution in [2.75, 3.05) is 6.54 Å². The maximum absolute atomic E-state index is 11.7. The van der Waals surface area contributed by atoms with Crippen LogP contribution in [0.15, 0.2) is 53.3 Å². The predicted octanol–water partition coefficient (Wildman–Crippen LogP) is 3.24. The van der Waals surface area contributed by atoms with Gasteiger partial charge in [-0.1, -0.05) is 28.1 Å². The summed E-state index contributed by atoms with van der Waals surface area (Å²) in [4.78, 5) is 15.6. The van der Waals surface area contributed by atoms with Gasteiger partial charge >= 0.3 is 0 Å². The minimum absolute atomic E-state index is 0. The zero-order chi connectivity index (χ0) is 12.8. The summed E-state index contributed by atoms with van der Waals surface area (Å²) in [6.07, 6.45) is 4.05. The zero-order valence-electron chi connectivity index (χ0n) is 10.2. The largest absolute Gasteiger partial charge is 0.352 e. The topological polar surface area (TPSA) is 42.0 Å². The summed E-state index contributed by atoms with van der Waals surface area (Å²) in [5.41, 5.74) is 1.84. The Morgan fingerprint density at radius 2 is 1.74 bits per heavy atom. The molecule has 0 aliphatic carbocycles. The average Bonchev–Trinajstić information content (AvgIpc) is 2.42. The summed E-state index contributed by atoms with van der Waals surface area (Å²) >= 11 is 3.39. The molecule has 100 valence electrons. The van der Waals surface area contributed by atoms with E-state index in [1.54, 1.807) is 24.5 Å². The van der Waals surface area contributed by atoms with E-state index in [1.165, 1.54) is 5.56 Å². The highest BCUT2D eigenvalue weighted by Gasteiger charge is 2.03. The minimum Gasteiger partial charge on any atom is -0.352 e. The van der Waals surface area contributed by atoms with Gasteiger partial charge in [0.2, 0.25) is 0 Å². The first-order valence-corrected chi connectivity index (χ1v) is 6.47. The van der Waals surface area contributed by atoms with Crippen LogP contribution in [0.4, 0.5) is 0 Å². The quantitative estimate of drug-likeness (QED) is 0.927. The summed E-state index contributed by atoms with van der Waals surface area (Å²) < 4.78 is 1.06. The Bertz CT molecular complexity index is 517. The van der Waals surface area contributed by atoms with Gasteiger partial charge in [0.1, 0.15) is 0 Å². The number of rotatable bonds is 4. The van der Waals surface area contributed by atoms with Gasteiger partial charge in [0.05, 0.1) is 0 Å². The van der Waals surface area contributed by atoms with E-state index >= 15 is 0 Å². The van der Waals surface area contributed by atoms with Crippen LogP contribution in [-0.2, 0) is 6.42 Å². The number of nitrogens with one attached hydrogen (secondary N) is 1. The third kappa shape index (κ3) is 5.01. The predicted molar refractivity (Wildman–Crippen MR) is 81.7 cm³/mol. The smallest absolute Gasteiger partial charge is 0.251 e. The SMILES string of the molecule is Cl.O=C(NCCc1ccc(Br)cc1)c1ccncc1. The third-order valence-electron chi connectivity index (χ3n) is 2.55. The second-order valence-corrected chi connectivity index (χ2v) is 4.78. The van der Waals surface area contributed by atoms with Crippen LogP contribution in [-0.4, -0.2) is 17.4 Å². The molecular formula is C14H14BrClN2O. The van der Waals surface area contributed by atoms with Crippen LogP contribution < -0.4 is 5.32 Å². The lowest BCUT2D eigenvalue weighted by Gasteiger charge is -2.05. The maximum Gasteiger partial charge on any atom is 0.251 e. The number of hydrogen-bond donors (Lipinski definition) is 1. The monoisotopic (exact) mass is 340 g/mol. The van der Waals surface area contributed by atoms with E-state index in [1.807, 2.05) is 24.3 Å². The standard InChI is InChI=1S/C14H13BrN2O.ClH/c15-13-3-1-11(2-4-13)5-10-17-14(18)12-6-8-16-9-7-12;/h1-4,6-9H,5,10H2,(H,17,18);1H. The van der Waals surface area contributed by atoms with Crippen LogP contribution in [0.3, 0.4) is 0 Å². The molecule has 0 bridgehead atoms. The molecule has 1 aromatic heterocycles. The van der Waals surface area contributed by atoms with Gasteiger partial charge in [0.15, 0.2) is 0 Å². The molecule has 5 heteroatoms. The number of hydrogen-bond acceptors (Lipinski definition) is 2. The molecule has 0 aliphatic heterocycles. The molecule has 0 atom stereocenters. The highest BCUT2D eigenvalue weighted by atomic mass is 79.9. The number of aromatic nitrogens is 1. The molecule has 0 aliphatic rings. The molecule has 2 rings (SSSR count). The number of carbonyl (C=O) groups is 1. The highest BCUT2D eigenvalue weighted by molar-refractivity contribution is 9.10. The van der Waals surface area contributed by atoms with Crippen molar-refractivity contribution in [2.24, 2.45) is 0 Å². The van der Waals surface area contributed by atoms with Crippen molar-refractivity contribution < 1.29 is 4.79 Å².